The number of aromatic hydroxyl groups is 1. The third-order valence-corrected chi connectivity index (χ3v) is 6.15. The number of anilines is 1. The van der Waals surface area contributed by atoms with Crippen molar-refractivity contribution in [3.63, 3.8) is 0 Å². The van der Waals surface area contributed by atoms with Crippen LogP contribution in [0, 0.1) is 6.92 Å². The number of phenols is 1. The van der Waals surface area contributed by atoms with Gasteiger partial charge >= 0.3 is 5.97 Å². The predicted molar refractivity (Wildman–Crippen MR) is 115 cm³/mol. The Morgan fingerprint density at radius 3 is 2.52 bits per heavy atom. The molecule has 0 unspecified atom stereocenters. The van der Waals surface area contributed by atoms with Crippen LogP contribution in [-0.2, 0) is 24.3 Å². The number of rotatable bonds is 8. The first-order valence-corrected chi connectivity index (χ1v) is 10.5. The summed E-state index contributed by atoms with van der Waals surface area (Å²) in [5, 5.41) is 12.1. The van der Waals surface area contributed by atoms with Gasteiger partial charge in [0.25, 0.3) is 5.91 Å². The Bertz CT molecular complexity index is 1110. The molecule has 0 bridgehead atoms. The molecule has 2 aromatic carbocycles. The Hall–Kier alpha value is -3.37. The maximum absolute atomic E-state index is 12.4. The van der Waals surface area contributed by atoms with Crippen LogP contribution in [0.1, 0.15) is 11.1 Å². The van der Waals surface area contributed by atoms with E-state index in [-0.39, 0.29) is 22.1 Å². The third-order valence-electron chi connectivity index (χ3n) is 4.19. The van der Waals surface area contributed by atoms with Crippen LogP contribution in [0.3, 0.4) is 0 Å². The second kappa shape index (κ2) is 10.1. The Balaban J connectivity index is 1.97. The maximum atomic E-state index is 12.4. The molecule has 166 valence electrons. The summed E-state index contributed by atoms with van der Waals surface area (Å²) in [6, 6.07) is 9.01. The number of nitrogens with zero attached hydrogens (tertiary/aromatic N) is 1. The van der Waals surface area contributed by atoms with Crippen LogP contribution >= 0.6 is 0 Å². The average Bonchev–Trinajstić information content (AvgIpc) is 2.72. The number of amides is 1. The summed E-state index contributed by atoms with van der Waals surface area (Å²) in [7, 11) is 0.571. The monoisotopic (exact) mass is 448 g/mol. The standard InChI is InChI=1S/C21H24N2O7S/c1-14-5-8-16(12-19(14)31(27,28)23(2)3)22-20(25)13-30-21(26)10-7-15-6-9-17(24)18(11-15)29-4/h5-12,24H,13H2,1-4H3,(H,22,25)/b10-7+. The maximum Gasteiger partial charge on any atom is 0.331 e. The molecule has 1 amide bonds. The fourth-order valence-electron chi connectivity index (χ4n) is 2.50. The fraction of sp³-hybridized carbons (Fsp3) is 0.238. The number of aryl methyl sites for hydroxylation is 1. The Labute approximate surface area is 180 Å². The van der Waals surface area contributed by atoms with Gasteiger partial charge in [0.15, 0.2) is 18.1 Å². The molecule has 0 fully saturated rings. The number of ether oxygens (including phenoxy) is 2. The van der Waals surface area contributed by atoms with Crippen molar-refractivity contribution in [1.82, 2.24) is 4.31 Å². The molecule has 0 aromatic heterocycles. The third kappa shape index (κ3) is 6.30. The topological polar surface area (TPSA) is 122 Å². The molecule has 31 heavy (non-hydrogen) atoms. The molecule has 0 aliphatic carbocycles. The number of carbonyl (C=O) groups excluding carboxylic acids is 2. The predicted octanol–water partition coefficient (Wildman–Crippen LogP) is 2.15. The van der Waals surface area contributed by atoms with Gasteiger partial charge in [0.1, 0.15) is 0 Å². The molecule has 0 atom stereocenters. The zero-order valence-electron chi connectivity index (χ0n) is 17.6. The molecule has 2 aromatic rings. The molecular formula is C21H24N2O7S. The van der Waals surface area contributed by atoms with Crippen molar-refractivity contribution >= 4 is 33.7 Å². The second-order valence-electron chi connectivity index (χ2n) is 6.69. The highest BCUT2D eigenvalue weighted by Gasteiger charge is 2.20. The Morgan fingerprint density at radius 1 is 1.16 bits per heavy atom. The van der Waals surface area contributed by atoms with E-state index in [0.29, 0.717) is 11.1 Å². The first kappa shape index (κ1) is 23.9. The number of esters is 1. The van der Waals surface area contributed by atoms with Gasteiger partial charge in [-0.05, 0) is 48.4 Å². The van der Waals surface area contributed by atoms with Gasteiger partial charge in [-0.15, -0.1) is 0 Å². The highest BCUT2D eigenvalue weighted by atomic mass is 32.2. The highest BCUT2D eigenvalue weighted by molar-refractivity contribution is 7.89. The number of hydrogen-bond donors (Lipinski definition) is 2. The van der Waals surface area contributed by atoms with Gasteiger partial charge < -0.3 is 19.9 Å². The van der Waals surface area contributed by atoms with E-state index in [4.69, 9.17) is 9.47 Å². The van der Waals surface area contributed by atoms with Gasteiger partial charge in [0.05, 0.1) is 12.0 Å². The molecule has 0 heterocycles. The van der Waals surface area contributed by atoms with E-state index in [2.05, 4.69) is 5.32 Å². The minimum absolute atomic E-state index is 0.0310. The summed E-state index contributed by atoms with van der Waals surface area (Å²) in [5.74, 6) is -1.15. The van der Waals surface area contributed by atoms with Crippen LogP contribution in [-0.4, -0.2) is 57.5 Å². The van der Waals surface area contributed by atoms with Crippen LogP contribution in [0.25, 0.3) is 6.08 Å². The van der Waals surface area contributed by atoms with Crippen molar-refractivity contribution < 1.29 is 32.6 Å². The zero-order valence-corrected chi connectivity index (χ0v) is 18.4. The smallest absolute Gasteiger partial charge is 0.331 e. The number of sulfonamides is 1. The summed E-state index contributed by atoms with van der Waals surface area (Å²) < 4.78 is 35.7. The number of nitrogens with one attached hydrogen (secondary N) is 1. The molecule has 2 N–H and O–H groups in total. The van der Waals surface area contributed by atoms with Crippen LogP contribution < -0.4 is 10.1 Å². The van der Waals surface area contributed by atoms with Crippen molar-refractivity contribution in [2.75, 3.05) is 33.1 Å². The zero-order chi connectivity index (χ0) is 23.2. The van der Waals surface area contributed by atoms with E-state index in [1.807, 2.05) is 0 Å². The van der Waals surface area contributed by atoms with Gasteiger partial charge in [0, 0.05) is 25.9 Å². The van der Waals surface area contributed by atoms with E-state index in [9.17, 15) is 23.1 Å². The van der Waals surface area contributed by atoms with Crippen LogP contribution in [0.15, 0.2) is 47.4 Å². The fourth-order valence-corrected chi connectivity index (χ4v) is 3.64. The van der Waals surface area contributed by atoms with E-state index < -0.39 is 28.5 Å². The SMILES string of the molecule is COc1cc(/C=C/C(=O)OCC(=O)Nc2ccc(C)c(S(=O)(=O)N(C)C)c2)ccc1O. The van der Waals surface area contributed by atoms with Crippen molar-refractivity contribution in [1.29, 1.82) is 0 Å². The summed E-state index contributed by atoms with van der Waals surface area (Å²) in [6.07, 6.45) is 2.58. The van der Waals surface area contributed by atoms with Crippen molar-refractivity contribution in [2.24, 2.45) is 0 Å². The summed E-state index contributed by atoms with van der Waals surface area (Å²) in [6.45, 7) is 1.10. The quantitative estimate of drug-likeness (QED) is 0.469. The molecule has 0 spiro atoms. The van der Waals surface area contributed by atoms with Gasteiger partial charge in [-0.25, -0.2) is 17.5 Å². The van der Waals surface area contributed by atoms with Gasteiger partial charge in [-0.3, -0.25) is 4.79 Å². The minimum Gasteiger partial charge on any atom is -0.504 e. The second-order valence-corrected chi connectivity index (χ2v) is 8.81. The Kier molecular flexibility index (Phi) is 7.78. The van der Waals surface area contributed by atoms with E-state index in [1.165, 1.54) is 45.5 Å². The molecule has 0 saturated carbocycles. The first-order chi connectivity index (χ1) is 14.5. The number of hydrogen-bond acceptors (Lipinski definition) is 7. The van der Waals surface area contributed by atoms with Crippen molar-refractivity contribution in [3.05, 3.63) is 53.6 Å². The van der Waals surface area contributed by atoms with Crippen molar-refractivity contribution in [2.45, 2.75) is 11.8 Å². The Morgan fingerprint density at radius 2 is 1.87 bits per heavy atom. The lowest BCUT2D eigenvalue weighted by molar-refractivity contribution is -0.142. The molecule has 9 nitrogen and oxygen atoms in total. The van der Waals surface area contributed by atoms with E-state index >= 15 is 0 Å². The number of methoxy groups -OCH3 is 1. The number of benzene rings is 2. The lowest BCUT2D eigenvalue weighted by atomic mass is 10.2. The molecule has 0 radical (unpaired) electrons. The lowest BCUT2D eigenvalue weighted by Crippen LogP contribution is -2.24. The normalized spacial score (nSPS) is 11.5. The minimum atomic E-state index is -3.67. The largest absolute Gasteiger partial charge is 0.504 e. The first-order valence-electron chi connectivity index (χ1n) is 9.09. The van der Waals surface area contributed by atoms with Crippen LogP contribution in [0.4, 0.5) is 5.69 Å². The molecule has 0 saturated heterocycles. The van der Waals surface area contributed by atoms with Gasteiger partial charge in [-0.2, -0.15) is 0 Å². The molecule has 0 aliphatic rings. The molecular weight excluding hydrogens is 424 g/mol. The summed E-state index contributed by atoms with van der Waals surface area (Å²) >= 11 is 0. The van der Waals surface area contributed by atoms with Crippen LogP contribution in [0.5, 0.6) is 11.5 Å². The molecule has 0 aliphatic heterocycles. The average molecular weight is 448 g/mol. The highest BCUT2D eigenvalue weighted by Crippen LogP contribution is 2.26. The van der Waals surface area contributed by atoms with E-state index in [0.717, 1.165) is 10.4 Å². The van der Waals surface area contributed by atoms with E-state index in [1.54, 1.807) is 25.1 Å². The van der Waals surface area contributed by atoms with Gasteiger partial charge in [0.2, 0.25) is 10.0 Å². The summed E-state index contributed by atoms with van der Waals surface area (Å²) in [5.41, 5.74) is 1.39. The number of phenolic OH excluding ortho intramolecular Hbond substituents is 1. The van der Waals surface area contributed by atoms with Gasteiger partial charge in [-0.1, -0.05) is 12.1 Å². The van der Waals surface area contributed by atoms with Crippen molar-refractivity contribution in [3.8, 4) is 11.5 Å². The van der Waals surface area contributed by atoms with Crippen LogP contribution in [0.2, 0.25) is 0 Å². The summed E-state index contributed by atoms with van der Waals surface area (Å²) in [4.78, 5) is 24.0. The number of carbonyl (C=O) groups is 2. The molecule has 2 rings (SSSR count). The lowest BCUT2D eigenvalue weighted by Gasteiger charge is -2.15. The molecule has 10 heteroatoms.